The van der Waals surface area contributed by atoms with Crippen molar-refractivity contribution in [3.8, 4) is 0 Å². The molecule has 2 N–H and O–H groups in total. The van der Waals surface area contributed by atoms with Gasteiger partial charge < -0.3 is 15.5 Å². The zero-order valence-corrected chi connectivity index (χ0v) is 15.0. The Morgan fingerprint density at radius 3 is 2.40 bits per heavy atom. The van der Waals surface area contributed by atoms with Crippen LogP contribution in [-0.4, -0.2) is 43.4 Å². The molecule has 0 saturated heterocycles. The van der Waals surface area contributed by atoms with Crippen LogP contribution in [0, 0.1) is 6.92 Å². The number of rotatable bonds is 7. The van der Waals surface area contributed by atoms with E-state index < -0.39 is 0 Å². The van der Waals surface area contributed by atoms with Gasteiger partial charge in [-0.1, -0.05) is 31.2 Å². The molecule has 0 atom stereocenters. The van der Waals surface area contributed by atoms with Crippen LogP contribution in [0.1, 0.15) is 33.2 Å². The fourth-order valence-corrected chi connectivity index (χ4v) is 2.30. The summed E-state index contributed by atoms with van der Waals surface area (Å²) in [4.78, 5) is 26.7. The molecule has 2 amide bonds. The minimum Gasteiger partial charge on any atom is -0.351 e. The second-order valence-electron chi connectivity index (χ2n) is 6.00. The Hall–Kier alpha value is -2.66. The molecular formula is C20H25N3O2. The summed E-state index contributed by atoms with van der Waals surface area (Å²) in [5, 5.41) is 5.78. The number of benzene rings is 2. The van der Waals surface area contributed by atoms with Crippen molar-refractivity contribution in [2.75, 3.05) is 32.0 Å². The SMILES string of the molecule is CCN(C)CCNC(=O)c1ccc(C)c(NC(=O)c2ccccc2)c1. The van der Waals surface area contributed by atoms with Gasteiger partial charge in [-0.05, 0) is 50.3 Å². The van der Waals surface area contributed by atoms with Crippen LogP contribution in [0.3, 0.4) is 0 Å². The first-order valence-corrected chi connectivity index (χ1v) is 8.45. The molecule has 0 fully saturated rings. The smallest absolute Gasteiger partial charge is 0.255 e. The molecule has 2 aromatic carbocycles. The molecule has 0 saturated carbocycles. The van der Waals surface area contributed by atoms with Gasteiger partial charge in [0, 0.05) is 29.9 Å². The monoisotopic (exact) mass is 339 g/mol. The van der Waals surface area contributed by atoms with E-state index >= 15 is 0 Å². The number of anilines is 1. The standard InChI is InChI=1S/C20H25N3O2/c1-4-23(3)13-12-21-19(24)17-11-10-15(2)18(14-17)22-20(25)16-8-6-5-7-9-16/h5-11,14H,4,12-13H2,1-3H3,(H,21,24)(H,22,25). The third-order valence-electron chi connectivity index (χ3n) is 4.10. The molecule has 0 aromatic heterocycles. The highest BCUT2D eigenvalue weighted by atomic mass is 16.2. The van der Waals surface area contributed by atoms with Crippen LogP contribution in [0.2, 0.25) is 0 Å². The summed E-state index contributed by atoms with van der Waals surface area (Å²) in [6.07, 6.45) is 0. The Morgan fingerprint density at radius 1 is 1.00 bits per heavy atom. The van der Waals surface area contributed by atoms with Crippen LogP contribution in [-0.2, 0) is 0 Å². The van der Waals surface area contributed by atoms with Crippen molar-refractivity contribution in [1.29, 1.82) is 0 Å². The molecule has 0 spiro atoms. The number of carbonyl (C=O) groups is 2. The average Bonchev–Trinajstić information content (AvgIpc) is 2.63. The molecule has 0 aliphatic carbocycles. The Labute approximate surface area is 149 Å². The molecule has 5 heteroatoms. The predicted molar refractivity (Wildman–Crippen MR) is 101 cm³/mol. The third kappa shape index (κ3) is 5.43. The minimum absolute atomic E-state index is 0.139. The molecule has 2 aromatic rings. The lowest BCUT2D eigenvalue weighted by Crippen LogP contribution is -2.32. The van der Waals surface area contributed by atoms with Gasteiger partial charge in [-0.25, -0.2) is 0 Å². The van der Waals surface area contributed by atoms with Gasteiger partial charge >= 0.3 is 0 Å². The maximum Gasteiger partial charge on any atom is 0.255 e. The summed E-state index contributed by atoms with van der Waals surface area (Å²) in [6.45, 7) is 6.30. The van der Waals surface area contributed by atoms with Crippen molar-refractivity contribution in [3.05, 3.63) is 65.2 Å². The number of aryl methyl sites for hydroxylation is 1. The van der Waals surface area contributed by atoms with E-state index in [1.807, 2.05) is 38.2 Å². The highest BCUT2D eigenvalue weighted by Gasteiger charge is 2.11. The summed E-state index contributed by atoms with van der Waals surface area (Å²) < 4.78 is 0. The van der Waals surface area contributed by atoms with Crippen LogP contribution in [0.25, 0.3) is 0 Å². The first kappa shape index (κ1) is 18.7. The summed E-state index contributed by atoms with van der Waals surface area (Å²) in [7, 11) is 2.01. The molecule has 0 unspecified atom stereocenters. The van der Waals surface area contributed by atoms with Gasteiger partial charge in [0.15, 0.2) is 0 Å². The Morgan fingerprint density at radius 2 is 1.72 bits per heavy atom. The van der Waals surface area contributed by atoms with Crippen LogP contribution in [0.4, 0.5) is 5.69 Å². The summed E-state index contributed by atoms with van der Waals surface area (Å²) in [5.41, 5.74) is 2.67. The van der Waals surface area contributed by atoms with Crippen LogP contribution >= 0.6 is 0 Å². The van der Waals surface area contributed by atoms with Crippen LogP contribution in [0.5, 0.6) is 0 Å². The van der Waals surface area contributed by atoms with E-state index in [9.17, 15) is 9.59 Å². The van der Waals surface area contributed by atoms with Crippen molar-refractivity contribution in [1.82, 2.24) is 10.2 Å². The van der Waals surface area contributed by atoms with Crippen molar-refractivity contribution in [3.63, 3.8) is 0 Å². The zero-order chi connectivity index (χ0) is 18.2. The second kappa shape index (κ2) is 8.99. The van der Waals surface area contributed by atoms with Crippen LogP contribution in [0.15, 0.2) is 48.5 Å². The van der Waals surface area contributed by atoms with Crippen molar-refractivity contribution < 1.29 is 9.59 Å². The highest BCUT2D eigenvalue weighted by Crippen LogP contribution is 2.18. The average molecular weight is 339 g/mol. The quantitative estimate of drug-likeness (QED) is 0.815. The van der Waals surface area contributed by atoms with Gasteiger partial charge in [0.25, 0.3) is 11.8 Å². The van der Waals surface area contributed by atoms with Crippen molar-refractivity contribution >= 4 is 17.5 Å². The van der Waals surface area contributed by atoms with Gasteiger partial charge in [-0.15, -0.1) is 0 Å². The molecule has 0 heterocycles. The molecule has 0 bridgehead atoms. The van der Waals surface area contributed by atoms with Gasteiger partial charge in [0.2, 0.25) is 0 Å². The fourth-order valence-electron chi connectivity index (χ4n) is 2.30. The predicted octanol–water partition coefficient (Wildman–Crippen LogP) is 2.93. The number of carbonyl (C=O) groups excluding carboxylic acids is 2. The van der Waals surface area contributed by atoms with Gasteiger partial charge in [0.05, 0.1) is 0 Å². The second-order valence-corrected chi connectivity index (χ2v) is 6.00. The lowest BCUT2D eigenvalue weighted by molar-refractivity contribution is 0.0948. The minimum atomic E-state index is -0.189. The Balaban J connectivity index is 2.04. The van der Waals surface area contributed by atoms with Gasteiger partial charge in [-0.2, -0.15) is 0 Å². The molecule has 25 heavy (non-hydrogen) atoms. The lowest BCUT2D eigenvalue weighted by atomic mass is 10.1. The van der Waals surface area contributed by atoms with Crippen molar-refractivity contribution in [2.24, 2.45) is 0 Å². The first-order chi connectivity index (χ1) is 12.0. The normalized spacial score (nSPS) is 10.6. The number of hydrogen-bond donors (Lipinski definition) is 2. The number of amides is 2. The van der Waals surface area contributed by atoms with E-state index in [2.05, 4.69) is 22.5 Å². The van der Waals surface area contributed by atoms with Gasteiger partial charge in [-0.3, -0.25) is 9.59 Å². The number of likely N-dealkylation sites (N-methyl/N-ethyl adjacent to an activating group) is 1. The molecule has 0 aliphatic rings. The Bertz CT molecular complexity index is 729. The summed E-state index contributed by atoms with van der Waals surface area (Å²) >= 11 is 0. The largest absolute Gasteiger partial charge is 0.351 e. The third-order valence-corrected chi connectivity index (χ3v) is 4.10. The van der Waals surface area contributed by atoms with E-state index in [1.165, 1.54) is 0 Å². The summed E-state index contributed by atoms with van der Waals surface area (Å²) in [6, 6.07) is 14.3. The molecule has 2 rings (SSSR count). The zero-order valence-electron chi connectivity index (χ0n) is 15.0. The first-order valence-electron chi connectivity index (χ1n) is 8.45. The van der Waals surface area contributed by atoms with E-state index in [4.69, 9.17) is 0 Å². The van der Waals surface area contributed by atoms with Gasteiger partial charge in [0.1, 0.15) is 0 Å². The summed E-state index contributed by atoms with van der Waals surface area (Å²) in [5.74, 6) is -0.328. The number of hydrogen-bond acceptors (Lipinski definition) is 3. The van der Waals surface area contributed by atoms with E-state index in [1.54, 1.807) is 24.3 Å². The molecule has 132 valence electrons. The maximum absolute atomic E-state index is 12.3. The molecule has 0 radical (unpaired) electrons. The number of nitrogens with zero attached hydrogens (tertiary/aromatic N) is 1. The lowest BCUT2D eigenvalue weighted by Gasteiger charge is -2.14. The van der Waals surface area contributed by atoms with E-state index in [-0.39, 0.29) is 11.8 Å². The van der Waals surface area contributed by atoms with E-state index in [0.717, 1.165) is 18.7 Å². The topological polar surface area (TPSA) is 61.4 Å². The number of nitrogens with one attached hydrogen (secondary N) is 2. The Kier molecular flexibility index (Phi) is 6.71. The molecule has 0 aliphatic heterocycles. The molecule has 5 nitrogen and oxygen atoms in total. The maximum atomic E-state index is 12.3. The fraction of sp³-hybridized carbons (Fsp3) is 0.300. The molecular weight excluding hydrogens is 314 g/mol. The highest BCUT2D eigenvalue weighted by molar-refractivity contribution is 6.05. The van der Waals surface area contributed by atoms with E-state index in [0.29, 0.717) is 23.4 Å². The van der Waals surface area contributed by atoms with Crippen LogP contribution < -0.4 is 10.6 Å². The van der Waals surface area contributed by atoms with Crippen molar-refractivity contribution in [2.45, 2.75) is 13.8 Å².